The summed E-state index contributed by atoms with van der Waals surface area (Å²) in [5.74, 6) is -0.817. The number of rotatable bonds is 3. The van der Waals surface area contributed by atoms with Gasteiger partial charge in [0.05, 0.1) is 11.3 Å². The first-order valence-corrected chi connectivity index (χ1v) is 7.08. The van der Waals surface area contributed by atoms with Gasteiger partial charge in [-0.05, 0) is 55.0 Å². The number of phenolic OH excluding ortho intramolecular Hbond substituents is 1. The molecule has 0 aliphatic rings. The fourth-order valence-corrected chi connectivity index (χ4v) is 2.62. The Morgan fingerprint density at radius 3 is 2.22 bits per heavy atom. The van der Waals surface area contributed by atoms with Gasteiger partial charge in [-0.3, -0.25) is 0 Å². The minimum Gasteiger partial charge on any atom is -0.508 e. The van der Waals surface area contributed by atoms with Crippen molar-refractivity contribution in [2.24, 2.45) is 0 Å². The Labute approximate surface area is 133 Å². The predicted octanol–water partition coefficient (Wildman–Crippen LogP) is 3.44. The van der Waals surface area contributed by atoms with Crippen molar-refractivity contribution in [3.05, 3.63) is 65.9 Å². The average molecular weight is 308 g/mol. The summed E-state index contributed by atoms with van der Waals surface area (Å²) >= 11 is 0. The maximum absolute atomic E-state index is 11.5. The van der Waals surface area contributed by atoms with Gasteiger partial charge in [-0.2, -0.15) is 0 Å². The zero-order chi connectivity index (χ0) is 16.6. The number of aromatic nitrogens is 1. The summed E-state index contributed by atoms with van der Waals surface area (Å²) in [5.41, 5.74) is 9.63. The molecule has 1 aromatic heterocycles. The monoisotopic (exact) mass is 308 g/mol. The Hall–Kier alpha value is -3.21. The fraction of sp³-hybridized carbons (Fsp3) is 0.0556. The second kappa shape index (κ2) is 5.53. The number of nitrogens with two attached hydrogens (primary N) is 1. The molecular weight excluding hydrogens is 292 g/mol. The topological polar surface area (TPSA) is 88.5 Å². The largest absolute Gasteiger partial charge is 0.508 e. The Morgan fingerprint density at radius 2 is 1.65 bits per heavy atom. The molecule has 0 spiro atoms. The lowest BCUT2D eigenvalue weighted by atomic mass is 10.1. The highest BCUT2D eigenvalue weighted by Gasteiger charge is 2.18. The van der Waals surface area contributed by atoms with Crippen LogP contribution in [0.1, 0.15) is 16.1 Å². The van der Waals surface area contributed by atoms with Gasteiger partial charge in [0, 0.05) is 17.1 Å². The van der Waals surface area contributed by atoms with Crippen LogP contribution in [0.2, 0.25) is 0 Å². The number of hydrogen-bond acceptors (Lipinski definition) is 3. The van der Waals surface area contributed by atoms with E-state index in [1.165, 1.54) is 0 Å². The van der Waals surface area contributed by atoms with Crippen LogP contribution in [0.4, 0.5) is 5.69 Å². The molecule has 2 aromatic carbocycles. The standard InChI is InChI=1S/C18H16N2O3/c1-11-16(18(22)23)10-17(12-2-4-13(19)5-3-12)20(11)14-6-8-15(21)9-7-14/h2-10,21H,19H2,1H3,(H,22,23). The first kappa shape index (κ1) is 14.7. The fourth-order valence-electron chi connectivity index (χ4n) is 2.62. The van der Waals surface area contributed by atoms with Crippen LogP contribution in [0, 0.1) is 6.92 Å². The van der Waals surface area contributed by atoms with Crippen molar-refractivity contribution in [2.75, 3.05) is 5.73 Å². The van der Waals surface area contributed by atoms with E-state index >= 15 is 0 Å². The molecule has 0 unspecified atom stereocenters. The van der Waals surface area contributed by atoms with Gasteiger partial charge in [0.2, 0.25) is 0 Å². The van der Waals surface area contributed by atoms with Crippen LogP contribution in [0.3, 0.4) is 0 Å². The first-order valence-electron chi connectivity index (χ1n) is 7.08. The molecule has 0 radical (unpaired) electrons. The predicted molar refractivity (Wildman–Crippen MR) is 89.0 cm³/mol. The van der Waals surface area contributed by atoms with Gasteiger partial charge >= 0.3 is 5.97 Å². The first-order chi connectivity index (χ1) is 11.0. The number of anilines is 1. The van der Waals surface area contributed by atoms with Gasteiger partial charge in [-0.15, -0.1) is 0 Å². The Morgan fingerprint density at radius 1 is 1.04 bits per heavy atom. The Kier molecular flexibility index (Phi) is 3.54. The van der Waals surface area contributed by atoms with E-state index in [2.05, 4.69) is 0 Å². The number of hydrogen-bond donors (Lipinski definition) is 3. The van der Waals surface area contributed by atoms with Crippen LogP contribution in [-0.2, 0) is 0 Å². The van der Waals surface area contributed by atoms with Crippen LogP contribution >= 0.6 is 0 Å². The highest BCUT2D eigenvalue weighted by Crippen LogP contribution is 2.30. The van der Waals surface area contributed by atoms with Gasteiger partial charge in [0.25, 0.3) is 0 Å². The third-order valence-corrected chi connectivity index (χ3v) is 3.79. The van der Waals surface area contributed by atoms with Crippen molar-refractivity contribution in [1.82, 2.24) is 4.57 Å². The molecule has 3 rings (SSSR count). The van der Waals surface area contributed by atoms with E-state index in [4.69, 9.17) is 5.73 Å². The van der Waals surface area contributed by atoms with E-state index in [1.54, 1.807) is 49.4 Å². The van der Waals surface area contributed by atoms with E-state index in [9.17, 15) is 15.0 Å². The molecule has 23 heavy (non-hydrogen) atoms. The lowest BCUT2D eigenvalue weighted by molar-refractivity contribution is 0.0696. The molecule has 116 valence electrons. The Balaban J connectivity index is 2.25. The van der Waals surface area contributed by atoms with Crippen LogP contribution < -0.4 is 5.73 Å². The van der Waals surface area contributed by atoms with E-state index in [-0.39, 0.29) is 11.3 Å². The summed E-state index contributed by atoms with van der Waals surface area (Å²) in [5, 5.41) is 18.9. The SMILES string of the molecule is Cc1c(C(=O)O)cc(-c2ccc(N)cc2)n1-c1ccc(O)cc1. The summed E-state index contributed by atoms with van der Waals surface area (Å²) in [6.07, 6.45) is 0. The van der Waals surface area contributed by atoms with Crippen LogP contribution in [0.25, 0.3) is 16.9 Å². The van der Waals surface area contributed by atoms with Crippen molar-refractivity contribution in [2.45, 2.75) is 6.92 Å². The van der Waals surface area contributed by atoms with Gasteiger partial charge in [0.15, 0.2) is 0 Å². The average Bonchev–Trinajstić information content (AvgIpc) is 2.87. The van der Waals surface area contributed by atoms with E-state index in [0.717, 1.165) is 16.9 Å². The summed E-state index contributed by atoms with van der Waals surface area (Å²) < 4.78 is 1.86. The van der Waals surface area contributed by atoms with Gasteiger partial charge in [0.1, 0.15) is 5.75 Å². The quantitative estimate of drug-likeness (QED) is 0.647. The lowest BCUT2D eigenvalue weighted by Crippen LogP contribution is -2.02. The number of carbonyl (C=O) groups is 1. The molecule has 4 N–H and O–H groups in total. The summed E-state index contributed by atoms with van der Waals surface area (Å²) in [7, 11) is 0. The smallest absolute Gasteiger partial charge is 0.337 e. The highest BCUT2D eigenvalue weighted by atomic mass is 16.4. The number of benzene rings is 2. The highest BCUT2D eigenvalue weighted by molar-refractivity contribution is 5.91. The molecule has 0 atom stereocenters. The maximum Gasteiger partial charge on any atom is 0.337 e. The summed E-state index contributed by atoms with van der Waals surface area (Å²) in [6.45, 7) is 1.76. The number of nitrogens with zero attached hydrogens (tertiary/aromatic N) is 1. The zero-order valence-corrected chi connectivity index (χ0v) is 12.5. The van der Waals surface area contributed by atoms with Gasteiger partial charge in [-0.1, -0.05) is 12.1 Å². The van der Waals surface area contributed by atoms with Crippen LogP contribution in [0.15, 0.2) is 54.6 Å². The molecule has 0 saturated carbocycles. The van der Waals surface area contributed by atoms with E-state index < -0.39 is 5.97 Å². The molecule has 5 nitrogen and oxygen atoms in total. The van der Waals surface area contributed by atoms with Crippen molar-refractivity contribution < 1.29 is 15.0 Å². The second-order valence-electron chi connectivity index (χ2n) is 5.31. The number of aromatic carboxylic acids is 1. The second-order valence-corrected chi connectivity index (χ2v) is 5.31. The third-order valence-electron chi connectivity index (χ3n) is 3.79. The molecule has 0 fully saturated rings. The molecule has 1 heterocycles. The van der Waals surface area contributed by atoms with Gasteiger partial charge < -0.3 is 20.5 Å². The molecule has 0 aliphatic carbocycles. The normalized spacial score (nSPS) is 10.7. The number of nitrogen functional groups attached to an aromatic ring is 1. The molecular formula is C18H16N2O3. The number of aromatic hydroxyl groups is 1. The molecule has 0 saturated heterocycles. The summed E-state index contributed by atoms with van der Waals surface area (Å²) in [6, 6.07) is 15.5. The van der Waals surface area contributed by atoms with Crippen molar-refractivity contribution in [3.8, 4) is 22.7 Å². The zero-order valence-electron chi connectivity index (χ0n) is 12.5. The Bertz CT molecular complexity index is 863. The summed E-state index contributed by atoms with van der Waals surface area (Å²) in [4.78, 5) is 11.5. The lowest BCUT2D eigenvalue weighted by Gasteiger charge is -2.12. The number of phenols is 1. The van der Waals surface area contributed by atoms with Crippen molar-refractivity contribution in [3.63, 3.8) is 0 Å². The van der Waals surface area contributed by atoms with Crippen molar-refractivity contribution >= 4 is 11.7 Å². The van der Waals surface area contributed by atoms with Crippen molar-refractivity contribution in [1.29, 1.82) is 0 Å². The molecule has 5 heteroatoms. The van der Waals surface area contributed by atoms with Crippen LogP contribution in [0.5, 0.6) is 5.75 Å². The maximum atomic E-state index is 11.5. The van der Waals surface area contributed by atoms with Gasteiger partial charge in [-0.25, -0.2) is 4.79 Å². The molecule has 0 amide bonds. The third kappa shape index (κ3) is 2.64. The van der Waals surface area contributed by atoms with Crippen LogP contribution in [-0.4, -0.2) is 20.7 Å². The number of carboxylic acids is 1. The van der Waals surface area contributed by atoms with E-state index in [0.29, 0.717) is 11.4 Å². The minimum atomic E-state index is -0.975. The molecule has 3 aromatic rings. The molecule has 0 aliphatic heterocycles. The number of carboxylic acid groups (broad SMARTS) is 1. The van der Waals surface area contributed by atoms with E-state index in [1.807, 2.05) is 16.7 Å². The molecule has 0 bridgehead atoms. The minimum absolute atomic E-state index is 0.158.